The Kier molecular flexibility index (Phi) is 4.55. The van der Waals surface area contributed by atoms with Crippen molar-refractivity contribution < 1.29 is 20.4 Å². The predicted molar refractivity (Wildman–Crippen MR) is 38.8 cm³/mol. The zero-order valence-electron chi connectivity index (χ0n) is 6.38. The van der Waals surface area contributed by atoms with Gasteiger partial charge in [-0.05, 0) is 6.92 Å². The molecule has 0 aliphatic carbocycles. The van der Waals surface area contributed by atoms with E-state index in [9.17, 15) is 0 Å². The first-order valence-corrected chi connectivity index (χ1v) is 3.43. The van der Waals surface area contributed by atoms with E-state index >= 15 is 0 Å². The molecule has 0 radical (unpaired) electrons. The fourth-order valence-electron chi connectivity index (χ4n) is 0.652. The molecule has 0 aromatic carbocycles. The van der Waals surface area contributed by atoms with Gasteiger partial charge in [-0.3, -0.25) is 0 Å². The van der Waals surface area contributed by atoms with E-state index in [0.717, 1.165) is 0 Å². The largest absolute Gasteiger partial charge is 0.391 e. The van der Waals surface area contributed by atoms with E-state index in [-0.39, 0.29) is 6.54 Å². The van der Waals surface area contributed by atoms with Crippen LogP contribution in [0.4, 0.5) is 0 Å². The fraction of sp³-hybridized carbons (Fsp3) is 1.00. The van der Waals surface area contributed by atoms with Gasteiger partial charge in [0.15, 0.2) is 0 Å². The van der Waals surface area contributed by atoms with Crippen LogP contribution < -0.4 is 5.73 Å². The van der Waals surface area contributed by atoms with Crippen molar-refractivity contribution in [1.29, 1.82) is 0 Å². The molecule has 4 atom stereocenters. The maximum atomic E-state index is 9.02. The van der Waals surface area contributed by atoms with E-state index in [1.165, 1.54) is 6.92 Å². The lowest BCUT2D eigenvalue weighted by Crippen LogP contribution is -2.46. The molecule has 0 saturated heterocycles. The standard InChI is InChI=1S/C6H15NO4/c1-3(8)5(10)6(11)4(9)2-7/h3-6,8-11H,2,7H2,1H3/t3-,4+,5-,6+/m1/s1. The summed E-state index contributed by atoms with van der Waals surface area (Å²) in [5, 5.41) is 35.7. The van der Waals surface area contributed by atoms with Crippen LogP contribution in [0, 0.1) is 0 Å². The van der Waals surface area contributed by atoms with Gasteiger partial charge in [0.25, 0.3) is 0 Å². The van der Waals surface area contributed by atoms with Crippen LogP contribution in [0.2, 0.25) is 0 Å². The molecule has 5 heteroatoms. The molecule has 0 rings (SSSR count). The smallest absolute Gasteiger partial charge is 0.109 e. The highest BCUT2D eigenvalue weighted by Crippen LogP contribution is 2.03. The van der Waals surface area contributed by atoms with Crippen molar-refractivity contribution in [3.05, 3.63) is 0 Å². The lowest BCUT2D eigenvalue weighted by Gasteiger charge is -2.23. The Balaban J connectivity index is 3.90. The Hall–Kier alpha value is -0.200. The molecule has 0 fully saturated rings. The van der Waals surface area contributed by atoms with Gasteiger partial charge in [0, 0.05) is 6.54 Å². The van der Waals surface area contributed by atoms with Crippen LogP contribution >= 0.6 is 0 Å². The lowest BCUT2D eigenvalue weighted by atomic mass is 10.0. The number of nitrogens with two attached hydrogens (primary N) is 1. The monoisotopic (exact) mass is 165 g/mol. The van der Waals surface area contributed by atoms with Crippen molar-refractivity contribution in [2.45, 2.75) is 31.3 Å². The minimum atomic E-state index is -1.39. The summed E-state index contributed by atoms with van der Waals surface area (Å²) in [7, 11) is 0. The molecule has 0 amide bonds. The second-order valence-electron chi connectivity index (χ2n) is 2.52. The Morgan fingerprint density at radius 3 is 1.82 bits per heavy atom. The number of hydrogen-bond acceptors (Lipinski definition) is 5. The quantitative estimate of drug-likeness (QED) is 0.314. The van der Waals surface area contributed by atoms with Gasteiger partial charge in [-0.25, -0.2) is 0 Å². The summed E-state index contributed by atoms with van der Waals surface area (Å²) in [6, 6.07) is 0. The molecule has 68 valence electrons. The first-order chi connectivity index (χ1) is 5.00. The summed E-state index contributed by atoms with van der Waals surface area (Å²) in [6.07, 6.45) is -5.01. The van der Waals surface area contributed by atoms with Gasteiger partial charge in [-0.2, -0.15) is 0 Å². The van der Waals surface area contributed by atoms with Crippen LogP contribution in [0.3, 0.4) is 0 Å². The highest BCUT2D eigenvalue weighted by Gasteiger charge is 2.26. The van der Waals surface area contributed by atoms with Crippen LogP contribution in [-0.2, 0) is 0 Å². The van der Waals surface area contributed by atoms with E-state index in [1.807, 2.05) is 0 Å². The molecule has 0 bridgehead atoms. The third kappa shape index (κ3) is 3.13. The molecule has 6 N–H and O–H groups in total. The third-order valence-corrected chi connectivity index (χ3v) is 1.48. The SMILES string of the molecule is C[C@@H](O)[C@@H](O)[C@@H](O)[C@@H](O)CN. The molecule has 0 aliphatic heterocycles. The molecule has 5 nitrogen and oxygen atoms in total. The fourth-order valence-corrected chi connectivity index (χ4v) is 0.652. The number of aliphatic hydroxyl groups excluding tert-OH is 4. The topological polar surface area (TPSA) is 107 Å². The second kappa shape index (κ2) is 4.63. The molecule has 0 heterocycles. The summed E-state index contributed by atoms with van der Waals surface area (Å²) in [5.41, 5.74) is 5.01. The van der Waals surface area contributed by atoms with Gasteiger partial charge in [-0.1, -0.05) is 0 Å². The van der Waals surface area contributed by atoms with Gasteiger partial charge in [0.2, 0.25) is 0 Å². The van der Waals surface area contributed by atoms with E-state index in [0.29, 0.717) is 0 Å². The van der Waals surface area contributed by atoms with Crippen LogP contribution in [0.5, 0.6) is 0 Å². The Labute approximate surface area is 65.1 Å². The van der Waals surface area contributed by atoms with E-state index in [4.69, 9.17) is 26.2 Å². The first kappa shape index (κ1) is 10.8. The summed E-state index contributed by atoms with van der Waals surface area (Å²) in [6.45, 7) is 1.17. The lowest BCUT2D eigenvalue weighted by molar-refractivity contribution is -0.0969. The normalized spacial score (nSPS) is 22.4. The van der Waals surface area contributed by atoms with Crippen LogP contribution in [-0.4, -0.2) is 51.4 Å². The molecule has 0 aromatic rings. The van der Waals surface area contributed by atoms with Crippen molar-refractivity contribution in [2.24, 2.45) is 5.73 Å². The van der Waals surface area contributed by atoms with Crippen molar-refractivity contribution in [2.75, 3.05) is 6.54 Å². The summed E-state index contributed by atoms with van der Waals surface area (Å²) < 4.78 is 0. The van der Waals surface area contributed by atoms with Gasteiger partial charge >= 0.3 is 0 Å². The van der Waals surface area contributed by atoms with Gasteiger partial charge < -0.3 is 26.2 Å². The first-order valence-electron chi connectivity index (χ1n) is 3.43. The third-order valence-electron chi connectivity index (χ3n) is 1.48. The number of aliphatic hydroxyl groups is 4. The highest BCUT2D eigenvalue weighted by molar-refractivity contribution is 4.78. The van der Waals surface area contributed by atoms with Gasteiger partial charge in [0.1, 0.15) is 12.2 Å². The van der Waals surface area contributed by atoms with E-state index in [1.54, 1.807) is 0 Å². The molecule has 0 spiro atoms. The zero-order valence-corrected chi connectivity index (χ0v) is 6.38. The van der Waals surface area contributed by atoms with Crippen LogP contribution in [0.25, 0.3) is 0 Å². The summed E-state index contributed by atoms with van der Waals surface area (Å²) in [4.78, 5) is 0. The Bertz CT molecular complexity index is 109. The van der Waals surface area contributed by atoms with Crippen molar-refractivity contribution in [3.63, 3.8) is 0 Å². The predicted octanol–water partition coefficient (Wildman–Crippen LogP) is -2.59. The zero-order chi connectivity index (χ0) is 9.02. The van der Waals surface area contributed by atoms with E-state index in [2.05, 4.69) is 0 Å². The van der Waals surface area contributed by atoms with E-state index < -0.39 is 24.4 Å². The highest BCUT2D eigenvalue weighted by atomic mass is 16.4. The molecular weight excluding hydrogens is 150 g/mol. The number of rotatable bonds is 4. The maximum absolute atomic E-state index is 9.02. The molecule has 11 heavy (non-hydrogen) atoms. The van der Waals surface area contributed by atoms with Crippen molar-refractivity contribution in [3.8, 4) is 0 Å². The number of hydrogen-bond donors (Lipinski definition) is 5. The average Bonchev–Trinajstić information content (AvgIpc) is 2.00. The average molecular weight is 165 g/mol. The maximum Gasteiger partial charge on any atom is 0.109 e. The molecule has 0 aromatic heterocycles. The van der Waals surface area contributed by atoms with Crippen molar-refractivity contribution in [1.82, 2.24) is 0 Å². The Morgan fingerprint density at radius 1 is 1.09 bits per heavy atom. The Morgan fingerprint density at radius 2 is 1.55 bits per heavy atom. The molecular formula is C6H15NO4. The van der Waals surface area contributed by atoms with Crippen molar-refractivity contribution >= 4 is 0 Å². The molecule has 0 saturated carbocycles. The van der Waals surface area contributed by atoms with Gasteiger partial charge in [-0.15, -0.1) is 0 Å². The summed E-state index contributed by atoms with van der Waals surface area (Å²) in [5.74, 6) is 0. The summed E-state index contributed by atoms with van der Waals surface area (Å²) >= 11 is 0. The second-order valence-corrected chi connectivity index (χ2v) is 2.52. The molecule has 0 unspecified atom stereocenters. The van der Waals surface area contributed by atoms with Gasteiger partial charge in [0.05, 0.1) is 12.2 Å². The van der Waals surface area contributed by atoms with Crippen LogP contribution in [0.15, 0.2) is 0 Å². The minimum Gasteiger partial charge on any atom is -0.391 e. The van der Waals surface area contributed by atoms with Crippen LogP contribution in [0.1, 0.15) is 6.92 Å². The minimum absolute atomic E-state index is 0.148. The molecule has 0 aliphatic rings.